The molecule has 0 saturated carbocycles. The van der Waals surface area contributed by atoms with E-state index in [-0.39, 0.29) is 11.3 Å². The number of nitrogens with one attached hydrogen (secondary N) is 1. The van der Waals surface area contributed by atoms with Crippen molar-refractivity contribution in [3.63, 3.8) is 0 Å². The smallest absolute Gasteiger partial charge is 0.269 e. The average molecular weight is 276 g/mol. The average Bonchev–Trinajstić information content (AvgIpc) is 2.89. The predicted molar refractivity (Wildman–Crippen MR) is 68.4 cm³/mol. The van der Waals surface area contributed by atoms with Gasteiger partial charge in [0.05, 0.1) is 16.9 Å². The zero-order chi connectivity index (χ0) is 13.8. The molecule has 7 heteroatoms. The number of carbonyl (C=O) groups excluding carboxylic acids is 1. The van der Waals surface area contributed by atoms with Crippen LogP contribution in [0.2, 0.25) is 0 Å². The Kier molecular flexibility index (Phi) is 3.82. The number of carbonyl (C=O) groups is 1. The fourth-order valence-electron chi connectivity index (χ4n) is 1.51. The topological polar surface area (TPSA) is 78.7 Å². The minimum atomic E-state index is -0.525. The first-order valence-corrected chi connectivity index (χ1v) is 6.25. The van der Waals surface area contributed by atoms with Crippen LogP contribution in [0.1, 0.15) is 27.9 Å². The lowest BCUT2D eigenvalue weighted by molar-refractivity contribution is 0.102. The summed E-state index contributed by atoms with van der Waals surface area (Å²) in [6, 6.07) is 5.44. The van der Waals surface area contributed by atoms with E-state index in [4.69, 9.17) is 5.26 Å². The molecule has 0 spiro atoms. The van der Waals surface area contributed by atoms with E-state index in [0.717, 1.165) is 17.6 Å². The number of nitrogens with zero attached hydrogens (tertiary/aromatic N) is 3. The van der Waals surface area contributed by atoms with Crippen LogP contribution in [0.25, 0.3) is 0 Å². The zero-order valence-electron chi connectivity index (χ0n) is 9.98. The molecule has 1 N–H and O–H groups in total. The third kappa shape index (κ3) is 2.74. The summed E-state index contributed by atoms with van der Waals surface area (Å²) in [5.74, 6) is -0.918. The summed E-state index contributed by atoms with van der Waals surface area (Å²) in [7, 11) is 0. The lowest BCUT2D eigenvalue weighted by Crippen LogP contribution is -2.13. The van der Waals surface area contributed by atoms with Gasteiger partial charge in [-0.25, -0.2) is 4.39 Å². The first kappa shape index (κ1) is 13.1. The summed E-state index contributed by atoms with van der Waals surface area (Å²) in [6.45, 7) is 1.87. The molecule has 0 atom stereocenters. The maximum absolute atomic E-state index is 13.0. The van der Waals surface area contributed by atoms with Crippen LogP contribution in [0.5, 0.6) is 0 Å². The number of anilines is 1. The maximum atomic E-state index is 13.0. The molecule has 1 aromatic heterocycles. The molecule has 1 aromatic carbocycles. The molecule has 19 heavy (non-hydrogen) atoms. The van der Waals surface area contributed by atoms with Gasteiger partial charge in [-0.1, -0.05) is 11.4 Å². The van der Waals surface area contributed by atoms with Crippen molar-refractivity contribution in [1.29, 1.82) is 5.26 Å². The highest BCUT2D eigenvalue weighted by molar-refractivity contribution is 7.08. The van der Waals surface area contributed by atoms with E-state index < -0.39 is 11.7 Å². The molecule has 5 nitrogen and oxygen atoms in total. The Morgan fingerprint density at radius 3 is 3.05 bits per heavy atom. The van der Waals surface area contributed by atoms with Gasteiger partial charge in [-0.15, -0.1) is 5.10 Å². The Bertz CT molecular complexity index is 662. The molecule has 0 aliphatic carbocycles. The van der Waals surface area contributed by atoms with Crippen LogP contribution < -0.4 is 5.32 Å². The van der Waals surface area contributed by atoms with Gasteiger partial charge in [-0.3, -0.25) is 4.79 Å². The molecule has 0 bridgehead atoms. The van der Waals surface area contributed by atoms with Crippen molar-refractivity contribution >= 4 is 23.1 Å². The van der Waals surface area contributed by atoms with E-state index in [2.05, 4.69) is 14.9 Å². The number of aryl methyl sites for hydroxylation is 1. The number of aromatic nitrogens is 2. The van der Waals surface area contributed by atoms with E-state index >= 15 is 0 Å². The van der Waals surface area contributed by atoms with E-state index in [1.54, 1.807) is 0 Å². The van der Waals surface area contributed by atoms with Crippen LogP contribution in [0.15, 0.2) is 18.2 Å². The molecule has 0 unspecified atom stereocenters. The maximum Gasteiger partial charge on any atom is 0.269 e. The second-order valence-electron chi connectivity index (χ2n) is 3.66. The van der Waals surface area contributed by atoms with Gasteiger partial charge in [-0.05, 0) is 36.2 Å². The molecule has 0 fully saturated rings. The summed E-state index contributed by atoms with van der Waals surface area (Å²) in [5.41, 5.74) is 0.941. The largest absolute Gasteiger partial charge is 0.320 e. The van der Waals surface area contributed by atoms with Crippen molar-refractivity contribution in [2.45, 2.75) is 13.3 Å². The van der Waals surface area contributed by atoms with E-state index in [9.17, 15) is 9.18 Å². The Balaban J connectivity index is 2.27. The third-order valence-electron chi connectivity index (χ3n) is 2.45. The lowest BCUT2D eigenvalue weighted by Gasteiger charge is -2.06. The summed E-state index contributed by atoms with van der Waals surface area (Å²) >= 11 is 0.988. The number of hydrogen-bond acceptors (Lipinski definition) is 5. The fraction of sp³-hybridized carbons (Fsp3) is 0.167. The standard InChI is InChI=1S/C12H9FN4OS/c1-2-9-11(19-17-16-9)12(18)15-10-4-3-8(13)5-7(10)6-14/h3-5H,2H2,1H3,(H,15,18). The summed E-state index contributed by atoms with van der Waals surface area (Å²) in [6.07, 6.45) is 0.591. The van der Waals surface area contributed by atoms with Gasteiger partial charge in [0.15, 0.2) is 0 Å². The molecule has 96 valence electrons. The molecule has 0 radical (unpaired) electrons. The summed E-state index contributed by atoms with van der Waals surface area (Å²) < 4.78 is 16.7. The Labute approximate surface area is 112 Å². The molecule has 0 aliphatic heterocycles. The molecule has 1 heterocycles. The van der Waals surface area contributed by atoms with Crippen LogP contribution in [-0.4, -0.2) is 15.5 Å². The second-order valence-corrected chi connectivity index (χ2v) is 4.41. The highest BCUT2D eigenvalue weighted by atomic mass is 32.1. The first-order chi connectivity index (χ1) is 9.15. The quantitative estimate of drug-likeness (QED) is 0.933. The molecular weight excluding hydrogens is 267 g/mol. The van der Waals surface area contributed by atoms with Gasteiger partial charge in [-0.2, -0.15) is 5.26 Å². The van der Waals surface area contributed by atoms with E-state index in [1.807, 2.05) is 13.0 Å². The minimum absolute atomic E-state index is 0.0730. The summed E-state index contributed by atoms with van der Waals surface area (Å²) in [4.78, 5) is 12.4. The van der Waals surface area contributed by atoms with Crippen LogP contribution in [-0.2, 0) is 6.42 Å². The minimum Gasteiger partial charge on any atom is -0.320 e. The number of halogens is 1. The normalized spacial score (nSPS) is 9.95. The van der Waals surface area contributed by atoms with Crippen molar-refractivity contribution in [2.24, 2.45) is 0 Å². The van der Waals surface area contributed by atoms with E-state index in [1.165, 1.54) is 12.1 Å². The number of nitriles is 1. The van der Waals surface area contributed by atoms with Crippen LogP contribution in [0, 0.1) is 17.1 Å². The highest BCUT2D eigenvalue weighted by Crippen LogP contribution is 2.19. The number of rotatable bonds is 3. The lowest BCUT2D eigenvalue weighted by atomic mass is 10.2. The molecule has 2 aromatic rings. The fourth-order valence-corrected chi connectivity index (χ4v) is 2.15. The van der Waals surface area contributed by atoms with Crippen molar-refractivity contribution in [2.75, 3.05) is 5.32 Å². The first-order valence-electron chi connectivity index (χ1n) is 5.48. The van der Waals surface area contributed by atoms with Gasteiger partial charge < -0.3 is 5.32 Å². The Hall–Kier alpha value is -2.33. The number of hydrogen-bond donors (Lipinski definition) is 1. The predicted octanol–water partition coefficient (Wildman–Crippen LogP) is 2.36. The van der Waals surface area contributed by atoms with Gasteiger partial charge >= 0.3 is 0 Å². The Morgan fingerprint density at radius 1 is 1.58 bits per heavy atom. The van der Waals surface area contributed by atoms with Gasteiger partial charge in [0.2, 0.25) is 0 Å². The highest BCUT2D eigenvalue weighted by Gasteiger charge is 2.16. The molecule has 0 saturated heterocycles. The van der Waals surface area contributed by atoms with Crippen molar-refractivity contribution in [3.05, 3.63) is 40.2 Å². The molecule has 0 aliphatic rings. The van der Waals surface area contributed by atoms with Gasteiger partial charge in [0, 0.05) is 0 Å². The monoisotopic (exact) mass is 276 g/mol. The molecular formula is C12H9FN4OS. The zero-order valence-corrected chi connectivity index (χ0v) is 10.8. The van der Waals surface area contributed by atoms with Crippen LogP contribution in [0.3, 0.4) is 0 Å². The third-order valence-corrected chi connectivity index (χ3v) is 3.21. The van der Waals surface area contributed by atoms with E-state index in [0.29, 0.717) is 17.0 Å². The van der Waals surface area contributed by atoms with Gasteiger partial charge in [0.25, 0.3) is 5.91 Å². The van der Waals surface area contributed by atoms with Crippen LogP contribution >= 0.6 is 11.5 Å². The van der Waals surface area contributed by atoms with Crippen LogP contribution in [0.4, 0.5) is 10.1 Å². The molecule has 2 rings (SSSR count). The number of benzene rings is 1. The summed E-state index contributed by atoms with van der Waals surface area (Å²) in [5, 5.41) is 15.3. The SMILES string of the molecule is CCc1nnsc1C(=O)Nc1ccc(F)cc1C#N. The van der Waals surface area contributed by atoms with Crippen molar-refractivity contribution < 1.29 is 9.18 Å². The number of amides is 1. The van der Waals surface area contributed by atoms with Gasteiger partial charge in [0.1, 0.15) is 16.8 Å². The molecule has 1 amide bonds. The Morgan fingerprint density at radius 2 is 2.37 bits per heavy atom. The second kappa shape index (κ2) is 5.54. The van der Waals surface area contributed by atoms with Crippen molar-refractivity contribution in [3.8, 4) is 6.07 Å². The van der Waals surface area contributed by atoms with Crippen molar-refractivity contribution in [1.82, 2.24) is 9.59 Å².